The van der Waals surface area contributed by atoms with Crippen molar-refractivity contribution in [2.45, 2.75) is 44.6 Å². The number of aromatic nitrogens is 2. The Bertz CT molecular complexity index is 830. The summed E-state index contributed by atoms with van der Waals surface area (Å²) in [6, 6.07) is 5.29. The summed E-state index contributed by atoms with van der Waals surface area (Å²) in [6.07, 6.45) is 0. The van der Waals surface area contributed by atoms with Crippen molar-refractivity contribution in [3.8, 4) is 0 Å². The molecule has 0 bridgehead atoms. The van der Waals surface area contributed by atoms with Crippen molar-refractivity contribution in [3.05, 3.63) is 36.0 Å². The van der Waals surface area contributed by atoms with Gasteiger partial charge in [0.2, 0.25) is 21.8 Å². The fourth-order valence-electron chi connectivity index (χ4n) is 1.95. The van der Waals surface area contributed by atoms with Crippen molar-refractivity contribution in [2.24, 2.45) is 0 Å². The van der Waals surface area contributed by atoms with Crippen LogP contribution >= 0.6 is 0 Å². The predicted octanol–water partition coefficient (Wildman–Crippen LogP) is 2.19. The van der Waals surface area contributed by atoms with E-state index in [4.69, 9.17) is 4.52 Å². The molecule has 0 fully saturated rings. The highest BCUT2D eigenvalue weighted by Crippen LogP contribution is 2.20. The van der Waals surface area contributed by atoms with Crippen LogP contribution in [0.5, 0.6) is 0 Å². The maximum atomic E-state index is 12.5. The third kappa shape index (κ3) is 4.39. The molecule has 1 aromatic carbocycles. The summed E-state index contributed by atoms with van der Waals surface area (Å²) in [5.41, 5.74) is 0.401. The summed E-state index contributed by atoms with van der Waals surface area (Å²) in [4.78, 5) is 15.3. The molecule has 0 radical (unpaired) electrons. The van der Waals surface area contributed by atoms with Gasteiger partial charge in [-0.1, -0.05) is 25.1 Å². The zero-order chi connectivity index (χ0) is 17.9. The Hall–Kier alpha value is -2.26. The number of hydrogen-bond acceptors (Lipinski definition) is 6. The zero-order valence-corrected chi connectivity index (χ0v) is 14.7. The van der Waals surface area contributed by atoms with Gasteiger partial charge in [0.25, 0.3) is 0 Å². The van der Waals surface area contributed by atoms with Crippen molar-refractivity contribution in [1.82, 2.24) is 14.9 Å². The van der Waals surface area contributed by atoms with Gasteiger partial charge in [0.15, 0.2) is 5.82 Å². The van der Waals surface area contributed by atoms with Crippen LogP contribution in [0.4, 0.5) is 5.69 Å². The van der Waals surface area contributed by atoms with Crippen molar-refractivity contribution in [2.75, 3.05) is 5.32 Å². The third-order valence-electron chi connectivity index (χ3n) is 3.14. The molecule has 1 heterocycles. The first kappa shape index (κ1) is 18.1. The molecule has 24 heavy (non-hydrogen) atoms. The predicted molar refractivity (Wildman–Crippen MR) is 87.9 cm³/mol. The molecule has 0 aliphatic heterocycles. The first-order valence-electron chi connectivity index (χ1n) is 7.42. The molecule has 1 atom stereocenters. The Balaban J connectivity index is 2.19. The zero-order valence-electron chi connectivity index (χ0n) is 13.9. The van der Waals surface area contributed by atoms with Gasteiger partial charge in [-0.25, -0.2) is 8.42 Å². The number of hydrogen-bond donors (Lipinski definition) is 2. The van der Waals surface area contributed by atoms with E-state index in [0.717, 1.165) is 0 Å². The maximum Gasteiger partial charge on any atom is 0.244 e. The Morgan fingerprint density at radius 1 is 1.25 bits per heavy atom. The first-order valence-corrected chi connectivity index (χ1v) is 8.91. The number of nitrogens with one attached hydrogen (secondary N) is 2. The van der Waals surface area contributed by atoms with Crippen LogP contribution in [0.1, 0.15) is 51.4 Å². The molecule has 2 rings (SSSR count). The molecule has 0 spiro atoms. The van der Waals surface area contributed by atoms with E-state index in [-0.39, 0.29) is 22.6 Å². The first-order chi connectivity index (χ1) is 11.2. The summed E-state index contributed by atoms with van der Waals surface area (Å²) >= 11 is 0. The SMILES string of the molecule is CC(=O)Nc1cccc(S(=O)(=O)NC(C)c2nc(C(C)C)no2)c1. The average molecular weight is 352 g/mol. The molecule has 0 aliphatic rings. The molecule has 1 aromatic heterocycles. The Morgan fingerprint density at radius 2 is 1.96 bits per heavy atom. The van der Waals surface area contributed by atoms with Crippen LogP contribution in [0.15, 0.2) is 33.7 Å². The van der Waals surface area contributed by atoms with E-state index < -0.39 is 16.1 Å². The molecular formula is C15H20N4O4S. The van der Waals surface area contributed by atoms with Gasteiger partial charge in [-0.05, 0) is 25.1 Å². The van der Waals surface area contributed by atoms with E-state index in [9.17, 15) is 13.2 Å². The smallest absolute Gasteiger partial charge is 0.244 e. The third-order valence-corrected chi connectivity index (χ3v) is 4.68. The highest BCUT2D eigenvalue weighted by molar-refractivity contribution is 7.89. The van der Waals surface area contributed by atoms with Gasteiger partial charge in [0.1, 0.15) is 0 Å². The molecule has 1 amide bonds. The van der Waals surface area contributed by atoms with Gasteiger partial charge in [0, 0.05) is 18.5 Å². The van der Waals surface area contributed by atoms with Crippen LogP contribution in [0.3, 0.4) is 0 Å². The molecule has 130 valence electrons. The van der Waals surface area contributed by atoms with E-state index in [1.165, 1.54) is 19.1 Å². The maximum absolute atomic E-state index is 12.5. The van der Waals surface area contributed by atoms with Crippen LogP contribution in [0.25, 0.3) is 0 Å². The van der Waals surface area contributed by atoms with Crippen molar-refractivity contribution in [1.29, 1.82) is 0 Å². The van der Waals surface area contributed by atoms with Crippen molar-refractivity contribution < 1.29 is 17.7 Å². The lowest BCUT2D eigenvalue weighted by molar-refractivity contribution is -0.114. The minimum atomic E-state index is -3.81. The summed E-state index contributed by atoms with van der Waals surface area (Å²) in [6.45, 7) is 6.80. The van der Waals surface area contributed by atoms with E-state index in [1.54, 1.807) is 19.1 Å². The second kappa shape index (κ2) is 7.10. The summed E-state index contributed by atoms with van der Waals surface area (Å²) < 4.78 is 32.5. The van der Waals surface area contributed by atoms with Gasteiger partial charge < -0.3 is 9.84 Å². The largest absolute Gasteiger partial charge is 0.338 e. The minimum absolute atomic E-state index is 0.0317. The number of benzene rings is 1. The summed E-state index contributed by atoms with van der Waals surface area (Å²) in [5.74, 6) is 0.516. The molecule has 8 nitrogen and oxygen atoms in total. The molecule has 0 aliphatic carbocycles. The van der Waals surface area contributed by atoms with E-state index in [1.807, 2.05) is 13.8 Å². The number of amides is 1. The normalized spacial score (nSPS) is 13.0. The number of sulfonamides is 1. The molecule has 2 aromatic rings. The fourth-order valence-corrected chi connectivity index (χ4v) is 3.20. The van der Waals surface area contributed by atoms with Crippen LogP contribution in [-0.2, 0) is 14.8 Å². The van der Waals surface area contributed by atoms with Crippen LogP contribution in [0.2, 0.25) is 0 Å². The number of nitrogens with zero attached hydrogens (tertiary/aromatic N) is 2. The molecule has 0 saturated carbocycles. The van der Waals surface area contributed by atoms with Gasteiger partial charge in [-0.2, -0.15) is 9.71 Å². The summed E-state index contributed by atoms with van der Waals surface area (Å²) in [7, 11) is -3.81. The van der Waals surface area contributed by atoms with E-state index in [0.29, 0.717) is 11.5 Å². The molecule has 0 saturated heterocycles. The second-order valence-corrected chi connectivity index (χ2v) is 7.41. The topological polar surface area (TPSA) is 114 Å². The monoisotopic (exact) mass is 352 g/mol. The quantitative estimate of drug-likeness (QED) is 0.823. The van der Waals surface area contributed by atoms with Crippen molar-refractivity contribution >= 4 is 21.6 Å². The molecule has 9 heteroatoms. The van der Waals surface area contributed by atoms with Gasteiger partial charge in [-0.3, -0.25) is 4.79 Å². The number of carbonyl (C=O) groups excluding carboxylic acids is 1. The van der Waals surface area contributed by atoms with E-state index >= 15 is 0 Å². The van der Waals surface area contributed by atoms with Crippen LogP contribution in [0, 0.1) is 0 Å². The second-order valence-electron chi connectivity index (χ2n) is 5.70. The molecule has 1 unspecified atom stereocenters. The highest BCUT2D eigenvalue weighted by Gasteiger charge is 2.23. The van der Waals surface area contributed by atoms with Crippen LogP contribution < -0.4 is 10.0 Å². The molecule has 2 N–H and O–H groups in total. The number of carbonyl (C=O) groups is 1. The number of rotatable bonds is 6. The van der Waals surface area contributed by atoms with Gasteiger partial charge in [-0.15, -0.1) is 0 Å². The average Bonchev–Trinajstić information content (AvgIpc) is 2.96. The van der Waals surface area contributed by atoms with E-state index in [2.05, 4.69) is 20.2 Å². The minimum Gasteiger partial charge on any atom is -0.338 e. The van der Waals surface area contributed by atoms with Crippen molar-refractivity contribution in [3.63, 3.8) is 0 Å². The molecular weight excluding hydrogens is 332 g/mol. The Morgan fingerprint density at radius 3 is 2.54 bits per heavy atom. The Kier molecular flexibility index (Phi) is 5.35. The lowest BCUT2D eigenvalue weighted by atomic mass is 10.2. The lowest BCUT2D eigenvalue weighted by Crippen LogP contribution is -2.27. The van der Waals surface area contributed by atoms with Crippen LogP contribution in [-0.4, -0.2) is 24.5 Å². The van der Waals surface area contributed by atoms with Gasteiger partial charge >= 0.3 is 0 Å². The lowest BCUT2D eigenvalue weighted by Gasteiger charge is -2.11. The standard InChI is InChI=1S/C15H20N4O4S/c1-9(2)14-17-15(23-18-14)10(3)19-24(21,22)13-7-5-6-12(8-13)16-11(4)20/h5-10,19H,1-4H3,(H,16,20). The fraction of sp³-hybridized carbons (Fsp3) is 0.400. The summed E-state index contributed by atoms with van der Waals surface area (Å²) in [5, 5.41) is 6.36. The highest BCUT2D eigenvalue weighted by atomic mass is 32.2. The Labute approximate surface area is 140 Å². The van der Waals surface area contributed by atoms with Gasteiger partial charge in [0.05, 0.1) is 10.9 Å². The number of anilines is 1.